The molecule has 2 fully saturated rings. The fraction of sp³-hybridized carbons (Fsp3) is 0.481. The first-order valence-electron chi connectivity index (χ1n) is 12.8. The number of carbonyl (C=O) groups is 2. The SMILES string of the molecule is CC(C)Oc1cc2c(OC[C@@H]3CCC(=O)N3)ncc(-c3cnn(CC4CCOCC4)c3)c2cc1C(N)=O. The van der Waals surface area contributed by atoms with Crippen molar-refractivity contribution in [2.45, 2.75) is 58.2 Å². The van der Waals surface area contributed by atoms with Gasteiger partial charge in [0.2, 0.25) is 11.8 Å². The molecule has 0 saturated carbocycles. The molecular formula is C27H33N5O5. The van der Waals surface area contributed by atoms with Gasteiger partial charge in [-0.1, -0.05) is 0 Å². The molecule has 0 aliphatic carbocycles. The van der Waals surface area contributed by atoms with Crippen LogP contribution in [-0.2, 0) is 16.1 Å². The zero-order valence-electron chi connectivity index (χ0n) is 21.2. The molecule has 4 heterocycles. The Hall–Kier alpha value is -3.66. The van der Waals surface area contributed by atoms with E-state index in [1.807, 2.05) is 30.9 Å². The molecule has 196 valence electrons. The summed E-state index contributed by atoms with van der Waals surface area (Å²) >= 11 is 0. The van der Waals surface area contributed by atoms with E-state index in [0.717, 1.165) is 49.1 Å². The van der Waals surface area contributed by atoms with Gasteiger partial charge in [-0.25, -0.2) is 4.98 Å². The van der Waals surface area contributed by atoms with Gasteiger partial charge >= 0.3 is 0 Å². The lowest BCUT2D eigenvalue weighted by Gasteiger charge is -2.21. The monoisotopic (exact) mass is 507 g/mol. The molecule has 5 rings (SSSR count). The molecule has 0 unspecified atom stereocenters. The molecule has 3 aromatic rings. The number of hydrogen-bond acceptors (Lipinski definition) is 7. The van der Waals surface area contributed by atoms with Gasteiger partial charge in [-0.3, -0.25) is 14.3 Å². The van der Waals surface area contributed by atoms with Crippen LogP contribution < -0.4 is 20.5 Å². The number of rotatable bonds is 9. The maximum Gasteiger partial charge on any atom is 0.252 e. The van der Waals surface area contributed by atoms with E-state index in [-0.39, 0.29) is 23.6 Å². The van der Waals surface area contributed by atoms with Crippen LogP contribution in [0, 0.1) is 5.92 Å². The van der Waals surface area contributed by atoms with Crippen molar-refractivity contribution in [1.82, 2.24) is 20.1 Å². The zero-order chi connectivity index (χ0) is 25.9. The van der Waals surface area contributed by atoms with Crippen molar-refractivity contribution in [2.75, 3.05) is 19.8 Å². The quantitative estimate of drug-likeness (QED) is 0.455. The average Bonchev–Trinajstić information content (AvgIpc) is 3.51. The third-order valence-electron chi connectivity index (χ3n) is 6.82. The van der Waals surface area contributed by atoms with Crippen molar-refractivity contribution in [2.24, 2.45) is 11.7 Å². The van der Waals surface area contributed by atoms with Crippen molar-refractivity contribution < 1.29 is 23.8 Å². The Morgan fingerprint density at radius 3 is 2.73 bits per heavy atom. The summed E-state index contributed by atoms with van der Waals surface area (Å²) in [6, 6.07) is 3.44. The van der Waals surface area contributed by atoms with Gasteiger partial charge in [-0.05, 0) is 56.5 Å². The Balaban J connectivity index is 1.52. The van der Waals surface area contributed by atoms with E-state index in [9.17, 15) is 9.59 Å². The number of ether oxygens (including phenoxy) is 3. The molecular weight excluding hydrogens is 474 g/mol. The van der Waals surface area contributed by atoms with Crippen LogP contribution in [-0.4, -0.2) is 58.5 Å². The van der Waals surface area contributed by atoms with Gasteiger partial charge in [-0.2, -0.15) is 5.10 Å². The third-order valence-corrected chi connectivity index (χ3v) is 6.82. The molecule has 3 N–H and O–H groups in total. The Bertz CT molecular complexity index is 1300. The van der Waals surface area contributed by atoms with Gasteiger partial charge in [0.1, 0.15) is 12.4 Å². The highest BCUT2D eigenvalue weighted by Gasteiger charge is 2.23. The molecule has 1 aromatic carbocycles. The molecule has 2 aliphatic rings. The summed E-state index contributed by atoms with van der Waals surface area (Å²) in [4.78, 5) is 28.6. The number of nitrogens with zero attached hydrogens (tertiary/aromatic N) is 3. The number of amides is 2. The van der Waals surface area contributed by atoms with Gasteiger partial charge in [0, 0.05) is 55.1 Å². The van der Waals surface area contributed by atoms with E-state index in [4.69, 9.17) is 19.9 Å². The molecule has 10 heteroatoms. The second kappa shape index (κ2) is 10.8. The third kappa shape index (κ3) is 5.69. The van der Waals surface area contributed by atoms with Crippen LogP contribution >= 0.6 is 0 Å². The largest absolute Gasteiger partial charge is 0.490 e. The number of primary amides is 1. The first-order valence-corrected chi connectivity index (χ1v) is 12.8. The number of benzene rings is 1. The van der Waals surface area contributed by atoms with Crippen molar-refractivity contribution in [1.29, 1.82) is 0 Å². The normalized spacial score (nSPS) is 18.4. The zero-order valence-corrected chi connectivity index (χ0v) is 21.2. The van der Waals surface area contributed by atoms with Crippen LogP contribution in [0.5, 0.6) is 11.6 Å². The minimum atomic E-state index is -0.577. The highest BCUT2D eigenvalue weighted by Crippen LogP contribution is 2.37. The summed E-state index contributed by atoms with van der Waals surface area (Å²) in [7, 11) is 0. The molecule has 0 radical (unpaired) electrons. The maximum absolute atomic E-state index is 12.4. The standard InChI is InChI=1S/C27H33N5O5/c1-16(2)37-24-10-21-20(9-22(24)26(28)34)23(12-29-27(21)36-15-19-3-4-25(33)31-19)18-11-30-32(14-18)13-17-5-7-35-8-6-17/h9-12,14,16-17,19H,3-8,13,15H2,1-2H3,(H2,28,34)(H,31,33)/t19-/m0/s1. The van der Waals surface area contributed by atoms with E-state index in [1.54, 1.807) is 18.3 Å². The number of fused-ring (bicyclic) bond motifs is 1. The predicted molar refractivity (Wildman–Crippen MR) is 137 cm³/mol. The summed E-state index contributed by atoms with van der Waals surface area (Å²) in [5.74, 6) is 0.757. The summed E-state index contributed by atoms with van der Waals surface area (Å²) in [5, 5.41) is 8.95. The van der Waals surface area contributed by atoms with Gasteiger partial charge in [0.05, 0.1) is 23.9 Å². The number of hydrogen-bond donors (Lipinski definition) is 2. The Morgan fingerprint density at radius 2 is 2.03 bits per heavy atom. The molecule has 37 heavy (non-hydrogen) atoms. The van der Waals surface area contributed by atoms with Gasteiger partial charge in [-0.15, -0.1) is 0 Å². The number of pyridine rings is 1. The molecule has 0 bridgehead atoms. The van der Waals surface area contributed by atoms with Crippen LogP contribution in [0.25, 0.3) is 21.9 Å². The van der Waals surface area contributed by atoms with E-state index in [0.29, 0.717) is 42.4 Å². The first-order chi connectivity index (χ1) is 17.9. The van der Waals surface area contributed by atoms with Crippen LogP contribution in [0.4, 0.5) is 0 Å². The predicted octanol–water partition coefficient (Wildman–Crippen LogP) is 3.07. The topological polar surface area (TPSA) is 131 Å². The lowest BCUT2D eigenvalue weighted by atomic mass is 9.99. The van der Waals surface area contributed by atoms with Crippen LogP contribution in [0.3, 0.4) is 0 Å². The number of aromatic nitrogens is 3. The second-order valence-corrected chi connectivity index (χ2v) is 10.0. The minimum Gasteiger partial charge on any atom is -0.490 e. The van der Waals surface area contributed by atoms with Crippen molar-refractivity contribution in [3.63, 3.8) is 0 Å². The number of carbonyl (C=O) groups excluding carboxylic acids is 2. The summed E-state index contributed by atoms with van der Waals surface area (Å²) < 4.78 is 19.4. The van der Waals surface area contributed by atoms with Crippen LogP contribution in [0.2, 0.25) is 0 Å². The Morgan fingerprint density at radius 1 is 1.22 bits per heavy atom. The lowest BCUT2D eigenvalue weighted by Crippen LogP contribution is -2.31. The molecule has 10 nitrogen and oxygen atoms in total. The Labute approximate surface area is 215 Å². The molecule has 2 aromatic heterocycles. The number of nitrogens with one attached hydrogen (secondary N) is 1. The number of nitrogens with two attached hydrogens (primary N) is 1. The molecule has 2 saturated heterocycles. The summed E-state index contributed by atoms with van der Waals surface area (Å²) in [5.41, 5.74) is 7.72. The second-order valence-electron chi connectivity index (χ2n) is 10.0. The van der Waals surface area contributed by atoms with E-state index in [2.05, 4.69) is 15.4 Å². The maximum atomic E-state index is 12.4. The van der Waals surface area contributed by atoms with Crippen molar-refractivity contribution >= 4 is 22.6 Å². The first kappa shape index (κ1) is 25.0. The molecule has 0 spiro atoms. The molecule has 2 amide bonds. The van der Waals surface area contributed by atoms with E-state index in [1.165, 1.54) is 0 Å². The molecule has 2 aliphatic heterocycles. The van der Waals surface area contributed by atoms with Crippen LogP contribution in [0.1, 0.15) is 49.9 Å². The van der Waals surface area contributed by atoms with Gasteiger partial charge in [0.15, 0.2) is 0 Å². The lowest BCUT2D eigenvalue weighted by molar-refractivity contribution is -0.119. The highest BCUT2D eigenvalue weighted by molar-refractivity contribution is 6.06. The van der Waals surface area contributed by atoms with Crippen LogP contribution in [0.15, 0.2) is 30.7 Å². The van der Waals surface area contributed by atoms with Crippen molar-refractivity contribution in [3.8, 4) is 22.8 Å². The molecule has 1 atom stereocenters. The highest BCUT2D eigenvalue weighted by atomic mass is 16.5. The fourth-order valence-electron chi connectivity index (χ4n) is 4.91. The average molecular weight is 508 g/mol. The van der Waals surface area contributed by atoms with Gasteiger partial charge < -0.3 is 25.3 Å². The van der Waals surface area contributed by atoms with E-state index < -0.39 is 5.91 Å². The minimum absolute atomic E-state index is 0.0262. The smallest absolute Gasteiger partial charge is 0.252 e. The van der Waals surface area contributed by atoms with Crippen molar-refractivity contribution in [3.05, 3.63) is 36.3 Å². The fourth-order valence-corrected chi connectivity index (χ4v) is 4.91. The summed E-state index contributed by atoms with van der Waals surface area (Å²) in [6.45, 7) is 6.47. The van der Waals surface area contributed by atoms with E-state index >= 15 is 0 Å². The van der Waals surface area contributed by atoms with Gasteiger partial charge in [0.25, 0.3) is 5.91 Å². The summed E-state index contributed by atoms with van der Waals surface area (Å²) in [6.07, 6.45) is 8.64. The Kier molecular flexibility index (Phi) is 7.27.